The highest BCUT2D eigenvalue weighted by Gasteiger charge is 2.35. The van der Waals surface area contributed by atoms with E-state index in [1.54, 1.807) is 55.5 Å². The molecule has 0 radical (unpaired) electrons. The van der Waals surface area contributed by atoms with Gasteiger partial charge >= 0.3 is 0 Å². The molecule has 0 unspecified atom stereocenters. The van der Waals surface area contributed by atoms with Crippen molar-refractivity contribution in [3.05, 3.63) is 94.0 Å². The number of rotatable bonds is 11. The van der Waals surface area contributed by atoms with E-state index in [0.717, 1.165) is 9.87 Å². The van der Waals surface area contributed by atoms with Crippen molar-refractivity contribution < 1.29 is 18.0 Å². The summed E-state index contributed by atoms with van der Waals surface area (Å²) in [6, 6.07) is 19.2. The first-order valence-electron chi connectivity index (χ1n) is 13.9. The molecule has 0 bridgehead atoms. The SMILES string of the molecule is CC[C@@H](C(=O)NC(C)(C)C)N(Cc1c(Cl)cccc1Cl)C(=O)CN(c1ccc(C(C)C)cc1)S(=O)(=O)c1ccccc1. The predicted molar refractivity (Wildman–Crippen MR) is 170 cm³/mol. The van der Waals surface area contributed by atoms with Crippen molar-refractivity contribution in [2.45, 2.75) is 76.9 Å². The normalized spacial score (nSPS) is 12.6. The maximum atomic E-state index is 14.2. The summed E-state index contributed by atoms with van der Waals surface area (Å²) in [4.78, 5) is 29.1. The summed E-state index contributed by atoms with van der Waals surface area (Å²) < 4.78 is 29.0. The molecule has 10 heteroatoms. The number of hydrogen-bond acceptors (Lipinski definition) is 4. The fraction of sp³-hybridized carbons (Fsp3) is 0.375. The van der Waals surface area contributed by atoms with E-state index in [4.69, 9.17) is 23.2 Å². The van der Waals surface area contributed by atoms with Crippen LogP contribution in [-0.2, 0) is 26.2 Å². The molecule has 3 aromatic rings. The van der Waals surface area contributed by atoms with Crippen LogP contribution in [0.1, 0.15) is 65.0 Å². The van der Waals surface area contributed by atoms with Gasteiger partial charge in [-0.05, 0) is 75.1 Å². The van der Waals surface area contributed by atoms with Crippen LogP contribution in [0, 0.1) is 0 Å². The van der Waals surface area contributed by atoms with Crippen LogP contribution in [0.5, 0.6) is 0 Å². The Morgan fingerprint density at radius 1 is 0.881 bits per heavy atom. The summed E-state index contributed by atoms with van der Waals surface area (Å²) in [7, 11) is -4.15. The zero-order valence-corrected chi connectivity index (χ0v) is 27.2. The van der Waals surface area contributed by atoms with Gasteiger partial charge in [-0.2, -0.15) is 0 Å². The van der Waals surface area contributed by atoms with Crippen molar-refractivity contribution in [3.8, 4) is 0 Å². The highest BCUT2D eigenvalue weighted by molar-refractivity contribution is 7.92. The summed E-state index contributed by atoms with van der Waals surface area (Å²) in [5.74, 6) is -0.697. The maximum absolute atomic E-state index is 14.2. The molecule has 0 saturated carbocycles. The third-order valence-corrected chi connectivity index (χ3v) is 9.23. The Hall–Kier alpha value is -3.07. The third-order valence-electron chi connectivity index (χ3n) is 6.73. The molecule has 226 valence electrons. The van der Waals surface area contributed by atoms with Crippen molar-refractivity contribution in [2.75, 3.05) is 10.8 Å². The molecule has 42 heavy (non-hydrogen) atoms. The Morgan fingerprint density at radius 3 is 1.95 bits per heavy atom. The van der Waals surface area contributed by atoms with Crippen molar-refractivity contribution in [1.29, 1.82) is 0 Å². The number of nitrogens with one attached hydrogen (secondary N) is 1. The number of hydrogen-bond donors (Lipinski definition) is 1. The van der Waals surface area contributed by atoms with Crippen LogP contribution in [-0.4, -0.2) is 43.3 Å². The topological polar surface area (TPSA) is 86.8 Å². The third kappa shape index (κ3) is 8.27. The maximum Gasteiger partial charge on any atom is 0.264 e. The summed E-state index contributed by atoms with van der Waals surface area (Å²) in [5, 5.41) is 3.62. The number of benzene rings is 3. The average Bonchev–Trinajstić information content (AvgIpc) is 2.92. The fourth-order valence-electron chi connectivity index (χ4n) is 4.50. The first-order valence-corrected chi connectivity index (χ1v) is 16.1. The predicted octanol–water partition coefficient (Wildman–Crippen LogP) is 7.03. The molecule has 0 saturated heterocycles. The van der Waals surface area contributed by atoms with Gasteiger partial charge in [0.15, 0.2) is 0 Å². The van der Waals surface area contributed by atoms with Gasteiger partial charge in [0.05, 0.1) is 10.6 Å². The van der Waals surface area contributed by atoms with E-state index in [-0.39, 0.29) is 29.7 Å². The highest BCUT2D eigenvalue weighted by Crippen LogP contribution is 2.29. The molecule has 3 aromatic carbocycles. The van der Waals surface area contributed by atoms with E-state index < -0.39 is 34.1 Å². The molecule has 0 heterocycles. The minimum atomic E-state index is -4.15. The van der Waals surface area contributed by atoms with Gasteiger partial charge in [0, 0.05) is 27.7 Å². The van der Waals surface area contributed by atoms with Crippen molar-refractivity contribution in [1.82, 2.24) is 10.2 Å². The second-order valence-electron chi connectivity index (χ2n) is 11.5. The second kappa shape index (κ2) is 13.9. The van der Waals surface area contributed by atoms with Crippen molar-refractivity contribution in [3.63, 3.8) is 0 Å². The second-order valence-corrected chi connectivity index (χ2v) is 14.1. The van der Waals surface area contributed by atoms with Crippen LogP contribution >= 0.6 is 23.2 Å². The van der Waals surface area contributed by atoms with E-state index >= 15 is 0 Å². The summed E-state index contributed by atoms with van der Waals surface area (Å²) in [6.07, 6.45) is 0.282. The van der Waals surface area contributed by atoms with E-state index in [1.807, 2.05) is 46.8 Å². The molecule has 0 aliphatic carbocycles. The molecule has 1 atom stereocenters. The Balaban J connectivity index is 2.11. The Morgan fingerprint density at radius 2 is 1.45 bits per heavy atom. The largest absolute Gasteiger partial charge is 0.350 e. The van der Waals surface area contributed by atoms with Gasteiger partial charge in [-0.15, -0.1) is 0 Å². The van der Waals surface area contributed by atoms with Crippen LogP contribution in [0.25, 0.3) is 0 Å². The zero-order valence-electron chi connectivity index (χ0n) is 24.9. The standard InChI is InChI=1S/C32H39Cl2N3O4S/c1-7-29(31(39)35-32(4,5)6)36(20-26-27(33)14-11-15-28(26)34)30(38)21-37(24-18-16-23(17-19-24)22(2)3)42(40,41)25-12-9-8-10-13-25/h8-19,22,29H,7,20-21H2,1-6H3,(H,35,39)/t29-/m0/s1. The first kappa shape index (κ1) is 33.4. The van der Waals surface area contributed by atoms with Gasteiger partial charge in [0.1, 0.15) is 12.6 Å². The van der Waals surface area contributed by atoms with Crippen molar-refractivity contribution >= 4 is 50.7 Å². The number of anilines is 1. The quantitative estimate of drug-likeness (QED) is 0.246. The first-order chi connectivity index (χ1) is 19.7. The Kier molecular flexibility index (Phi) is 11.1. The monoisotopic (exact) mass is 631 g/mol. The molecule has 2 amide bonds. The van der Waals surface area contributed by atoms with Gasteiger partial charge in [-0.3, -0.25) is 13.9 Å². The smallest absolute Gasteiger partial charge is 0.264 e. The molecular formula is C32H39Cl2N3O4S. The number of sulfonamides is 1. The molecule has 0 aliphatic rings. The Bertz CT molecular complexity index is 1470. The lowest BCUT2D eigenvalue weighted by Crippen LogP contribution is -2.55. The number of halogens is 2. The lowest BCUT2D eigenvalue weighted by Gasteiger charge is -2.35. The molecule has 0 aliphatic heterocycles. The molecule has 0 aromatic heterocycles. The number of nitrogens with zero attached hydrogens (tertiary/aromatic N) is 2. The lowest BCUT2D eigenvalue weighted by atomic mass is 10.0. The van der Waals surface area contributed by atoms with Gasteiger partial charge in [-0.25, -0.2) is 8.42 Å². The minimum Gasteiger partial charge on any atom is -0.350 e. The summed E-state index contributed by atoms with van der Waals surface area (Å²) in [5.41, 5.74) is 1.28. The van der Waals surface area contributed by atoms with Gasteiger partial charge in [0.25, 0.3) is 10.0 Å². The van der Waals surface area contributed by atoms with Crippen molar-refractivity contribution in [2.24, 2.45) is 0 Å². The van der Waals surface area contributed by atoms with E-state index in [2.05, 4.69) is 5.32 Å². The van der Waals surface area contributed by atoms with E-state index in [1.165, 1.54) is 17.0 Å². The van der Waals surface area contributed by atoms with Gasteiger partial charge in [0.2, 0.25) is 11.8 Å². The molecule has 0 fully saturated rings. The lowest BCUT2D eigenvalue weighted by molar-refractivity contribution is -0.141. The molecule has 7 nitrogen and oxygen atoms in total. The van der Waals surface area contributed by atoms with E-state index in [0.29, 0.717) is 21.3 Å². The zero-order chi connectivity index (χ0) is 31.2. The van der Waals surface area contributed by atoms with E-state index in [9.17, 15) is 18.0 Å². The van der Waals surface area contributed by atoms with Crippen LogP contribution in [0.2, 0.25) is 10.0 Å². The number of carbonyl (C=O) groups excluding carboxylic acids is 2. The minimum absolute atomic E-state index is 0.0453. The Labute approximate surface area is 259 Å². The molecule has 3 rings (SSSR count). The number of carbonyl (C=O) groups is 2. The molecule has 1 N–H and O–H groups in total. The molecular weight excluding hydrogens is 593 g/mol. The highest BCUT2D eigenvalue weighted by atomic mass is 35.5. The summed E-state index contributed by atoms with van der Waals surface area (Å²) >= 11 is 13.0. The number of amides is 2. The average molecular weight is 633 g/mol. The van der Waals surface area contributed by atoms with Crippen LogP contribution in [0.4, 0.5) is 5.69 Å². The van der Waals surface area contributed by atoms with Crippen LogP contribution in [0.15, 0.2) is 77.7 Å². The van der Waals surface area contributed by atoms with Crippen LogP contribution in [0.3, 0.4) is 0 Å². The van der Waals surface area contributed by atoms with Gasteiger partial charge in [-0.1, -0.05) is 80.4 Å². The molecule has 0 spiro atoms. The van der Waals surface area contributed by atoms with Crippen LogP contribution < -0.4 is 9.62 Å². The fourth-order valence-corrected chi connectivity index (χ4v) is 6.45. The summed E-state index contributed by atoms with van der Waals surface area (Å²) in [6.45, 7) is 10.8. The van der Waals surface area contributed by atoms with Gasteiger partial charge < -0.3 is 10.2 Å².